The first-order valence-corrected chi connectivity index (χ1v) is 6.37. The fourth-order valence-electron chi connectivity index (χ4n) is 2.04. The Balaban J connectivity index is 1.97. The molecule has 0 saturated heterocycles. The van der Waals surface area contributed by atoms with Crippen molar-refractivity contribution in [2.75, 3.05) is 0 Å². The third-order valence-electron chi connectivity index (χ3n) is 2.92. The van der Waals surface area contributed by atoms with E-state index >= 15 is 0 Å². The molecular formula is C13H5N3O2S. The Morgan fingerprint density at radius 3 is 2.74 bits per heavy atom. The minimum Gasteiger partial charge on any atom is -0.281 e. The van der Waals surface area contributed by atoms with E-state index in [1.54, 1.807) is 23.6 Å². The van der Waals surface area contributed by atoms with Gasteiger partial charge in [-0.15, -0.1) is 11.3 Å². The minimum absolute atomic E-state index is 0.158. The highest BCUT2D eigenvalue weighted by Crippen LogP contribution is 2.33. The molecule has 5 nitrogen and oxygen atoms in total. The predicted octanol–water partition coefficient (Wildman–Crippen LogP) is 1.45. The van der Waals surface area contributed by atoms with E-state index < -0.39 is 11.0 Å². The van der Waals surface area contributed by atoms with E-state index in [-0.39, 0.29) is 5.69 Å². The molecule has 0 radical (unpaired) electrons. The van der Waals surface area contributed by atoms with Gasteiger partial charge in [-0.2, -0.15) is 0 Å². The highest BCUT2D eigenvalue weighted by molar-refractivity contribution is 7.22. The van der Waals surface area contributed by atoms with Gasteiger partial charge in [-0.05, 0) is 24.3 Å². The Labute approximate surface area is 110 Å². The van der Waals surface area contributed by atoms with E-state index in [1.165, 1.54) is 0 Å². The molecule has 4 heterocycles. The van der Waals surface area contributed by atoms with Crippen molar-refractivity contribution in [2.24, 2.45) is 0 Å². The quantitative estimate of drug-likeness (QED) is 0.488. The van der Waals surface area contributed by atoms with Crippen LogP contribution in [0.2, 0.25) is 0 Å². The second-order valence-electron chi connectivity index (χ2n) is 4.12. The number of nitrogens with zero attached hydrogens (tertiary/aromatic N) is 3. The molecule has 0 amide bonds. The fraction of sp³-hybridized carbons (Fsp3) is 0. The lowest BCUT2D eigenvalue weighted by Crippen LogP contribution is -2.19. The zero-order valence-corrected chi connectivity index (χ0v) is 10.3. The van der Waals surface area contributed by atoms with Crippen molar-refractivity contribution in [2.45, 2.75) is 0 Å². The predicted molar refractivity (Wildman–Crippen MR) is 72.2 cm³/mol. The van der Waals surface area contributed by atoms with Gasteiger partial charge in [0.25, 0.3) is 5.43 Å². The van der Waals surface area contributed by atoms with E-state index in [0.717, 1.165) is 15.1 Å². The van der Waals surface area contributed by atoms with Gasteiger partial charge in [0.15, 0.2) is 0 Å². The number of rotatable bonds is 1. The molecule has 2 aromatic heterocycles. The molecule has 4 rings (SSSR count). The molecule has 0 unspecified atom stereocenters. The molecule has 0 atom stereocenters. The Hall–Kier alpha value is -2.47. The number of thiophene rings is 1. The van der Waals surface area contributed by atoms with Crippen molar-refractivity contribution in [3.05, 3.63) is 51.0 Å². The van der Waals surface area contributed by atoms with Gasteiger partial charge in [-0.25, -0.2) is 9.97 Å². The summed E-state index contributed by atoms with van der Waals surface area (Å²) in [5.41, 5.74) is 0.728. The summed E-state index contributed by atoms with van der Waals surface area (Å²) in [5, 5.41) is 0. The van der Waals surface area contributed by atoms with Gasteiger partial charge in [0.2, 0.25) is 0 Å². The highest BCUT2D eigenvalue weighted by atomic mass is 32.1. The molecular weight excluding hydrogens is 262 g/mol. The largest absolute Gasteiger partial charge is 0.320 e. The van der Waals surface area contributed by atoms with Crippen LogP contribution in [0, 0.1) is 0 Å². The number of aromatic nitrogens is 3. The van der Waals surface area contributed by atoms with Crippen LogP contribution in [-0.4, -0.2) is 15.0 Å². The first-order valence-electron chi connectivity index (χ1n) is 5.55. The van der Waals surface area contributed by atoms with Crippen LogP contribution in [0.5, 0.6) is 0 Å². The molecule has 2 aromatic rings. The van der Waals surface area contributed by atoms with Crippen molar-refractivity contribution in [3.8, 4) is 22.0 Å². The van der Waals surface area contributed by atoms with Crippen molar-refractivity contribution in [3.63, 3.8) is 0 Å². The van der Waals surface area contributed by atoms with Crippen LogP contribution in [0.4, 0.5) is 0 Å². The van der Waals surface area contributed by atoms with Crippen molar-refractivity contribution in [1.82, 2.24) is 15.0 Å². The minimum atomic E-state index is -0.734. The first-order chi connectivity index (χ1) is 9.22. The molecule has 90 valence electrons. The summed E-state index contributed by atoms with van der Waals surface area (Å²) >= 11 is 1.55. The lowest BCUT2D eigenvalue weighted by molar-refractivity contribution is 1.31. The number of fused-ring (bicyclic) bond motifs is 2. The molecule has 6 heteroatoms. The van der Waals surface area contributed by atoms with E-state index in [1.807, 2.05) is 18.2 Å². The van der Waals surface area contributed by atoms with Crippen LogP contribution in [0.25, 0.3) is 32.2 Å². The monoisotopic (exact) mass is 267 g/mol. The maximum absolute atomic E-state index is 11.5. The lowest BCUT2D eigenvalue weighted by atomic mass is 10.3. The van der Waals surface area contributed by atoms with Gasteiger partial charge in [-0.1, -0.05) is 0 Å². The highest BCUT2D eigenvalue weighted by Gasteiger charge is 2.20. The smallest absolute Gasteiger partial charge is 0.281 e. The van der Waals surface area contributed by atoms with Crippen molar-refractivity contribution in [1.29, 1.82) is 0 Å². The second-order valence-corrected chi connectivity index (χ2v) is 5.20. The third kappa shape index (κ3) is 1.43. The van der Waals surface area contributed by atoms with Crippen LogP contribution in [-0.2, 0) is 0 Å². The number of hydrogen-bond donors (Lipinski definition) is 0. The van der Waals surface area contributed by atoms with E-state index in [0.29, 0.717) is 11.4 Å². The summed E-state index contributed by atoms with van der Waals surface area (Å²) in [6.45, 7) is 0. The Bertz CT molecular complexity index is 933. The molecule has 0 spiro atoms. The Morgan fingerprint density at radius 2 is 1.95 bits per heavy atom. The molecule has 0 N–H and O–H groups in total. The van der Waals surface area contributed by atoms with Gasteiger partial charge < -0.3 is 0 Å². The molecule has 0 aromatic carbocycles. The SMILES string of the molecule is O=c1nc2cc(-c3cc4ncccc4s3)nc-2c1=O. The average molecular weight is 267 g/mol. The summed E-state index contributed by atoms with van der Waals surface area (Å²) in [4.78, 5) is 35.7. The fourth-order valence-corrected chi connectivity index (χ4v) is 3.02. The van der Waals surface area contributed by atoms with Crippen molar-refractivity contribution < 1.29 is 0 Å². The number of hydrogen-bond acceptors (Lipinski definition) is 6. The maximum atomic E-state index is 11.5. The van der Waals surface area contributed by atoms with Crippen LogP contribution in [0.15, 0.2) is 40.1 Å². The first kappa shape index (κ1) is 10.5. The maximum Gasteiger partial charge on any atom is 0.320 e. The van der Waals surface area contributed by atoms with E-state index in [9.17, 15) is 9.59 Å². The summed E-state index contributed by atoms with van der Waals surface area (Å²) < 4.78 is 1.06. The molecule has 2 aliphatic rings. The van der Waals surface area contributed by atoms with Gasteiger partial charge in [0.05, 0.1) is 26.5 Å². The summed E-state index contributed by atoms with van der Waals surface area (Å²) in [5.74, 6) is 0. The van der Waals surface area contributed by atoms with Crippen LogP contribution in [0.1, 0.15) is 0 Å². The van der Waals surface area contributed by atoms with Gasteiger partial charge in [-0.3, -0.25) is 14.6 Å². The average Bonchev–Trinajstić information content (AvgIpc) is 3.05. The number of pyridine rings is 1. The molecule has 0 aliphatic carbocycles. The zero-order chi connectivity index (χ0) is 13.0. The molecule has 19 heavy (non-hydrogen) atoms. The Kier molecular flexibility index (Phi) is 1.94. The van der Waals surface area contributed by atoms with E-state index in [4.69, 9.17) is 0 Å². The van der Waals surface area contributed by atoms with E-state index in [2.05, 4.69) is 15.0 Å². The summed E-state index contributed by atoms with van der Waals surface area (Å²) in [6.07, 6.45) is 1.73. The molecule has 0 fully saturated rings. The lowest BCUT2D eigenvalue weighted by Gasteiger charge is -1.85. The Morgan fingerprint density at radius 1 is 1.05 bits per heavy atom. The van der Waals surface area contributed by atoms with Gasteiger partial charge >= 0.3 is 5.56 Å². The molecule has 0 bridgehead atoms. The van der Waals surface area contributed by atoms with Crippen LogP contribution >= 0.6 is 11.3 Å². The van der Waals surface area contributed by atoms with Crippen molar-refractivity contribution >= 4 is 21.6 Å². The standard InChI is InChI=1S/C13H5N3O2S/c17-12-11-8(16-13(12)18)4-7(15-11)10-5-6-9(19-10)2-1-3-14-6/h1-5H. The zero-order valence-electron chi connectivity index (χ0n) is 9.45. The third-order valence-corrected chi connectivity index (χ3v) is 4.03. The summed E-state index contributed by atoms with van der Waals surface area (Å²) in [7, 11) is 0. The van der Waals surface area contributed by atoms with Crippen LogP contribution in [0.3, 0.4) is 0 Å². The summed E-state index contributed by atoms with van der Waals surface area (Å²) in [6, 6.07) is 7.44. The molecule has 0 saturated carbocycles. The van der Waals surface area contributed by atoms with Gasteiger partial charge in [0, 0.05) is 6.20 Å². The molecule has 2 aliphatic heterocycles. The second kappa shape index (κ2) is 3.52. The normalized spacial score (nSPS) is 11.6. The van der Waals surface area contributed by atoms with Gasteiger partial charge in [0.1, 0.15) is 5.69 Å². The van der Waals surface area contributed by atoms with Crippen LogP contribution < -0.4 is 11.0 Å². The topological polar surface area (TPSA) is 72.8 Å².